The first-order valence-corrected chi connectivity index (χ1v) is 14.1. The highest BCUT2D eigenvalue weighted by Gasteiger charge is 2.24. The van der Waals surface area contributed by atoms with Crippen molar-refractivity contribution in [2.45, 2.75) is 30.4 Å². The van der Waals surface area contributed by atoms with E-state index in [9.17, 15) is 13.2 Å². The number of para-hydroxylation sites is 1. The summed E-state index contributed by atoms with van der Waals surface area (Å²) in [6.45, 7) is 0.585. The highest BCUT2D eigenvalue weighted by molar-refractivity contribution is 7.89. The summed E-state index contributed by atoms with van der Waals surface area (Å²) in [6.07, 6.45) is 0.691. The molecule has 0 spiro atoms. The zero-order valence-corrected chi connectivity index (χ0v) is 21.8. The fraction of sp³-hybridized carbons (Fsp3) is 0.276. The van der Waals surface area contributed by atoms with Crippen LogP contribution in [-0.2, 0) is 39.0 Å². The molecule has 0 saturated heterocycles. The van der Waals surface area contributed by atoms with Crippen molar-refractivity contribution in [2.24, 2.45) is 0 Å². The van der Waals surface area contributed by atoms with Gasteiger partial charge in [-0.1, -0.05) is 42.5 Å². The van der Waals surface area contributed by atoms with E-state index in [1.54, 1.807) is 7.11 Å². The number of ether oxygens (including phenoxy) is 1. The largest absolute Gasteiger partial charge is 0.497 e. The third-order valence-corrected chi connectivity index (χ3v) is 8.34. The number of methoxy groups -OCH3 is 1. The Morgan fingerprint density at radius 1 is 0.973 bits per heavy atom. The van der Waals surface area contributed by atoms with E-state index >= 15 is 0 Å². The van der Waals surface area contributed by atoms with E-state index < -0.39 is 9.84 Å². The van der Waals surface area contributed by atoms with Gasteiger partial charge < -0.3 is 19.9 Å². The number of nitrogens with one attached hydrogen (secondary N) is 2. The maximum absolute atomic E-state index is 13.4. The summed E-state index contributed by atoms with van der Waals surface area (Å²) in [7, 11) is 0.181. The van der Waals surface area contributed by atoms with E-state index in [0.717, 1.165) is 39.0 Å². The van der Waals surface area contributed by atoms with Crippen LogP contribution < -0.4 is 15.0 Å². The fourth-order valence-corrected chi connectivity index (χ4v) is 6.59. The van der Waals surface area contributed by atoms with Gasteiger partial charge in [0.05, 0.1) is 31.1 Å². The number of hydrogen-bond acceptors (Lipinski definition) is 5. The van der Waals surface area contributed by atoms with Crippen molar-refractivity contribution >= 4 is 32.3 Å². The predicted molar refractivity (Wildman–Crippen MR) is 147 cm³/mol. The van der Waals surface area contributed by atoms with Gasteiger partial charge in [0.15, 0.2) is 9.84 Å². The lowest BCUT2D eigenvalue weighted by Crippen LogP contribution is -2.44. The summed E-state index contributed by atoms with van der Waals surface area (Å²) in [5, 5.41) is 4.11. The number of carbonyl (C=O) groups excluding carboxylic acids is 1. The van der Waals surface area contributed by atoms with Crippen molar-refractivity contribution in [1.29, 1.82) is 0 Å². The van der Waals surface area contributed by atoms with Crippen LogP contribution in [0.1, 0.15) is 22.4 Å². The van der Waals surface area contributed by atoms with Gasteiger partial charge in [-0.15, -0.1) is 0 Å². The van der Waals surface area contributed by atoms with E-state index in [0.29, 0.717) is 18.7 Å². The second-order valence-corrected chi connectivity index (χ2v) is 11.8. The molecule has 37 heavy (non-hydrogen) atoms. The number of hydrogen-bond donors (Lipinski definition) is 2. The number of aromatic nitrogens is 1. The maximum Gasteiger partial charge on any atom is 0.224 e. The number of aromatic amines is 1. The Labute approximate surface area is 217 Å². The van der Waals surface area contributed by atoms with Crippen molar-refractivity contribution in [3.8, 4) is 5.75 Å². The van der Waals surface area contributed by atoms with Crippen LogP contribution in [0.3, 0.4) is 0 Å². The first-order chi connectivity index (χ1) is 17.8. The molecule has 7 nitrogen and oxygen atoms in total. The lowest BCUT2D eigenvalue weighted by Gasteiger charge is -2.27. The minimum Gasteiger partial charge on any atom is -0.497 e. The number of fused-ring (bicyclic) bond motifs is 5. The van der Waals surface area contributed by atoms with Crippen molar-refractivity contribution in [3.05, 3.63) is 95.2 Å². The molecule has 0 aliphatic carbocycles. The molecule has 1 aromatic heterocycles. The summed E-state index contributed by atoms with van der Waals surface area (Å²) in [4.78, 5) is 18.7. The minimum absolute atomic E-state index is 0.0482. The SMILES string of the molecule is COc1ccc(N(C)C[C@@H]2Cc3cccc(c3)CS(=O)(=O)Cc3[nH]c4ccccc4c3CC(=O)N2)cc1. The van der Waals surface area contributed by atoms with Gasteiger partial charge in [0.1, 0.15) is 5.75 Å². The van der Waals surface area contributed by atoms with Crippen LogP contribution in [-0.4, -0.2) is 46.1 Å². The summed E-state index contributed by atoms with van der Waals surface area (Å²) >= 11 is 0. The van der Waals surface area contributed by atoms with E-state index in [2.05, 4.69) is 15.2 Å². The number of carbonyl (C=O) groups is 1. The molecule has 1 atom stereocenters. The highest BCUT2D eigenvalue weighted by Crippen LogP contribution is 2.26. The van der Waals surface area contributed by atoms with Gasteiger partial charge in [-0.25, -0.2) is 8.42 Å². The zero-order valence-electron chi connectivity index (χ0n) is 21.0. The Bertz CT molecular complexity index is 1530. The zero-order chi connectivity index (χ0) is 26.0. The summed E-state index contributed by atoms with van der Waals surface area (Å²) < 4.78 is 31.6. The molecule has 1 amide bonds. The average molecular weight is 518 g/mol. The molecule has 192 valence electrons. The average Bonchev–Trinajstić information content (AvgIpc) is 3.19. The second kappa shape index (κ2) is 10.3. The number of anilines is 1. The number of benzene rings is 3. The normalized spacial score (nSPS) is 17.6. The van der Waals surface area contributed by atoms with Gasteiger partial charge >= 0.3 is 0 Å². The van der Waals surface area contributed by atoms with E-state index in [1.807, 2.05) is 79.8 Å². The number of rotatable bonds is 4. The smallest absolute Gasteiger partial charge is 0.224 e. The standard InChI is InChI=1S/C29H31N3O4S/c1-32(23-10-12-24(36-2)13-11-23)17-22-15-20-6-5-7-21(14-20)18-37(34,35)19-28-26(16-29(33)30-22)25-8-3-4-9-27(25)31-28/h3-14,22,31H,15-19H2,1-2H3,(H,30,33)/t22-/m0/s1. The minimum atomic E-state index is -3.45. The predicted octanol–water partition coefficient (Wildman–Crippen LogP) is 4.01. The van der Waals surface area contributed by atoms with E-state index in [-0.39, 0.29) is 29.9 Å². The lowest BCUT2D eigenvalue weighted by molar-refractivity contribution is -0.121. The van der Waals surface area contributed by atoms with Crippen molar-refractivity contribution in [3.63, 3.8) is 0 Å². The van der Waals surface area contributed by atoms with Crippen molar-refractivity contribution in [2.75, 3.05) is 25.6 Å². The molecule has 2 heterocycles. The highest BCUT2D eigenvalue weighted by atomic mass is 32.2. The molecule has 5 rings (SSSR count). The monoisotopic (exact) mass is 517 g/mol. The number of amides is 1. The molecule has 0 radical (unpaired) electrons. The number of likely N-dealkylation sites (N-methyl/N-ethyl adjacent to an activating group) is 1. The number of nitrogens with zero attached hydrogens (tertiary/aromatic N) is 1. The summed E-state index contributed by atoms with van der Waals surface area (Å²) in [6, 6.07) is 22.9. The van der Waals surface area contributed by atoms with Crippen molar-refractivity contribution < 1.29 is 17.9 Å². The van der Waals surface area contributed by atoms with Crippen LogP contribution in [0, 0.1) is 0 Å². The maximum atomic E-state index is 13.4. The molecule has 0 unspecified atom stereocenters. The van der Waals surface area contributed by atoms with Crippen LogP contribution >= 0.6 is 0 Å². The fourth-order valence-electron chi connectivity index (χ4n) is 5.11. The van der Waals surface area contributed by atoms with Crippen LogP contribution in [0.15, 0.2) is 72.8 Å². The molecule has 2 N–H and O–H groups in total. The van der Waals surface area contributed by atoms with E-state index in [4.69, 9.17) is 4.74 Å². The Balaban J connectivity index is 1.49. The Morgan fingerprint density at radius 3 is 2.51 bits per heavy atom. The van der Waals surface area contributed by atoms with Gasteiger partial charge in [-0.2, -0.15) is 0 Å². The van der Waals surface area contributed by atoms with Crippen LogP contribution in [0.5, 0.6) is 5.75 Å². The first kappa shape index (κ1) is 24.9. The van der Waals surface area contributed by atoms with Gasteiger partial charge in [-0.3, -0.25) is 4.79 Å². The van der Waals surface area contributed by atoms with Crippen LogP contribution in [0.4, 0.5) is 5.69 Å². The third kappa shape index (κ3) is 5.80. The topological polar surface area (TPSA) is 91.5 Å². The lowest BCUT2D eigenvalue weighted by atomic mass is 10.0. The van der Waals surface area contributed by atoms with Crippen LogP contribution in [0.25, 0.3) is 10.9 Å². The molecule has 2 bridgehead atoms. The molecule has 1 aliphatic heterocycles. The Hall–Kier alpha value is -3.78. The van der Waals surface area contributed by atoms with Gasteiger partial charge in [0.25, 0.3) is 0 Å². The van der Waals surface area contributed by atoms with E-state index in [1.165, 1.54) is 0 Å². The first-order valence-electron chi connectivity index (χ1n) is 12.3. The number of sulfone groups is 1. The molecule has 1 aliphatic rings. The molecular weight excluding hydrogens is 486 g/mol. The molecule has 3 aromatic carbocycles. The molecule has 8 heteroatoms. The quantitative estimate of drug-likeness (QED) is 0.427. The summed E-state index contributed by atoms with van der Waals surface area (Å²) in [5.41, 5.74) is 4.91. The second-order valence-electron chi connectivity index (χ2n) is 9.70. The molecule has 0 fully saturated rings. The molecular formula is C29H31N3O4S. The van der Waals surface area contributed by atoms with Gasteiger partial charge in [0, 0.05) is 35.9 Å². The molecule has 4 aromatic rings. The Kier molecular flexibility index (Phi) is 6.93. The summed E-state index contributed by atoms with van der Waals surface area (Å²) in [5.74, 6) is 0.465. The number of H-pyrrole nitrogens is 1. The van der Waals surface area contributed by atoms with Gasteiger partial charge in [-0.05, 0) is 53.4 Å². The third-order valence-electron chi connectivity index (χ3n) is 6.84. The molecule has 0 saturated carbocycles. The van der Waals surface area contributed by atoms with Gasteiger partial charge in [0.2, 0.25) is 5.91 Å². The Morgan fingerprint density at radius 2 is 1.73 bits per heavy atom. The van der Waals surface area contributed by atoms with Crippen molar-refractivity contribution in [1.82, 2.24) is 10.3 Å². The van der Waals surface area contributed by atoms with Crippen LogP contribution in [0.2, 0.25) is 0 Å².